The summed E-state index contributed by atoms with van der Waals surface area (Å²) in [5, 5.41) is 0. The Labute approximate surface area is 59.0 Å². The van der Waals surface area contributed by atoms with Gasteiger partial charge in [-0.3, -0.25) is 4.79 Å². The van der Waals surface area contributed by atoms with E-state index < -0.39 is 0 Å². The van der Waals surface area contributed by atoms with Crippen LogP contribution in [-0.4, -0.2) is 19.1 Å². The van der Waals surface area contributed by atoms with E-state index in [0.717, 1.165) is 0 Å². The van der Waals surface area contributed by atoms with Gasteiger partial charge in [0, 0.05) is 17.1 Å². The van der Waals surface area contributed by atoms with Crippen LogP contribution in [0.25, 0.3) is 0 Å². The van der Waals surface area contributed by atoms with E-state index in [9.17, 15) is 4.79 Å². The summed E-state index contributed by atoms with van der Waals surface area (Å²) in [5.41, 5.74) is 4.88. The molecule has 4 heteroatoms. The third kappa shape index (κ3) is 5.95. The van der Waals surface area contributed by atoms with E-state index in [0.29, 0.717) is 6.61 Å². The van der Waals surface area contributed by atoms with Crippen molar-refractivity contribution in [3.63, 3.8) is 0 Å². The summed E-state index contributed by atoms with van der Waals surface area (Å²) in [5.74, 6) is -0.345. The van der Waals surface area contributed by atoms with Crippen molar-refractivity contribution >= 4 is 5.97 Å². The van der Waals surface area contributed by atoms with Gasteiger partial charge < -0.3 is 10.5 Å². The summed E-state index contributed by atoms with van der Waals surface area (Å²) in [6.07, 6.45) is 0. The van der Waals surface area contributed by atoms with Crippen LogP contribution >= 0.6 is 0 Å². The quantitative estimate of drug-likeness (QED) is 0.445. The zero-order chi connectivity index (χ0) is 5.70. The van der Waals surface area contributed by atoms with E-state index in [-0.39, 0.29) is 29.6 Å². The molecule has 0 unspecified atom stereocenters. The Balaban J connectivity index is 0. The van der Waals surface area contributed by atoms with Crippen LogP contribution in [0.15, 0.2) is 0 Å². The Morgan fingerprint density at radius 1 is 1.75 bits per heavy atom. The summed E-state index contributed by atoms with van der Waals surface area (Å²) in [4.78, 5) is 10.1. The van der Waals surface area contributed by atoms with Crippen LogP contribution in [0.1, 0.15) is 6.92 Å². The molecule has 0 amide bonds. The van der Waals surface area contributed by atoms with Crippen molar-refractivity contribution in [2.24, 2.45) is 5.73 Å². The number of carbonyl (C=O) groups excluding carboxylic acids is 1. The maximum Gasteiger partial charge on any atom is 0.319 e. The average molecular weight is 167 g/mol. The maximum atomic E-state index is 10.1. The van der Waals surface area contributed by atoms with Crippen molar-refractivity contribution in [1.29, 1.82) is 0 Å². The van der Waals surface area contributed by atoms with Crippen LogP contribution in [0, 0.1) is 0 Å². The molecule has 8 heavy (non-hydrogen) atoms. The first-order valence-electron chi connectivity index (χ1n) is 2.17. The topological polar surface area (TPSA) is 52.3 Å². The molecule has 0 aliphatic carbocycles. The molecule has 0 fully saturated rings. The van der Waals surface area contributed by atoms with Crippen molar-refractivity contribution in [3.05, 3.63) is 0 Å². The molecule has 0 aliphatic heterocycles. The normalized spacial score (nSPS) is 7.25. The zero-order valence-corrected chi connectivity index (χ0v) is 5.55. The van der Waals surface area contributed by atoms with E-state index in [4.69, 9.17) is 5.73 Å². The monoisotopic (exact) mass is 166 g/mol. The van der Waals surface area contributed by atoms with Gasteiger partial charge >= 0.3 is 5.97 Å². The molecule has 0 saturated heterocycles. The largest absolute Gasteiger partial charge is 0.465 e. The number of carbonyl (C=O) groups is 1. The van der Waals surface area contributed by atoms with Gasteiger partial charge in [0.15, 0.2) is 0 Å². The second-order valence-electron chi connectivity index (χ2n) is 1.01. The summed E-state index contributed by atoms with van der Waals surface area (Å²) in [6, 6.07) is 0. The van der Waals surface area contributed by atoms with Crippen LogP contribution in [0.5, 0.6) is 0 Å². The summed E-state index contributed by atoms with van der Waals surface area (Å²) in [7, 11) is 0. The number of nitrogens with two attached hydrogens (primary N) is 1. The number of hydrogen-bond donors (Lipinski definition) is 1. The van der Waals surface area contributed by atoms with Crippen molar-refractivity contribution in [3.8, 4) is 0 Å². The second-order valence-corrected chi connectivity index (χ2v) is 1.01. The van der Waals surface area contributed by atoms with Gasteiger partial charge in [0.25, 0.3) is 0 Å². The molecular weight excluding hydrogens is 158 g/mol. The fourth-order valence-corrected chi connectivity index (χ4v) is 0.220. The first-order chi connectivity index (χ1) is 3.31. The fraction of sp³-hybridized carbons (Fsp3) is 0.750. The Hall–Kier alpha value is -0.0505. The van der Waals surface area contributed by atoms with E-state index in [2.05, 4.69) is 4.74 Å². The summed E-state index contributed by atoms with van der Waals surface area (Å²) >= 11 is 0. The molecule has 0 aromatic carbocycles. The number of hydrogen-bond acceptors (Lipinski definition) is 3. The van der Waals surface area contributed by atoms with Gasteiger partial charge in [-0.05, 0) is 6.92 Å². The molecule has 0 atom stereocenters. The molecule has 0 aromatic rings. The van der Waals surface area contributed by atoms with E-state index in [1.165, 1.54) is 0 Å². The van der Waals surface area contributed by atoms with Gasteiger partial charge in [-0.1, -0.05) is 0 Å². The third-order valence-electron chi connectivity index (χ3n) is 0.472. The first-order valence-corrected chi connectivity index (χ1v) is 2.17. The predicted octanol–water partition coefficient (Wildman–Crippen LogP) is -0.494. The predicted molar refractivity (Wildman–Crippen MR) is 25.7 cm³/mol. The molecule has 1 radical (unpaired) electrons. The van der Waals surface area contributed by atoms with E-state index in [1.54, 1.807) is 6.92 Å². The zero-order valence-electron chi connectivity index (χ0n) is 4.61. The molecule has 0 aromatic heterocycles. The Kier molecular flexibility index (Phi) is 9.42. The smallest absolute Gasteiger partial charge is 0.319 e. The summed E-state index contributed by atoms with van der Waals surface area (Å²) < 4.78 is 4.43. The van der Waals surface area contributed by atoms with Gasteiger partial charge in [0.1, 0.15) is 0 Å². The van der Waals surface area contributed by atoms with Crippen LogP contribution < -0.4 is 5.73 Å². The Morgan fingerprint density at radius 2 is 2.25 bits per heavy atom. The standard InChI is InChI=1S/C4H9NO2.Cu/c1-2-7-4(6)3-5;/h2-3,5H2,1H3;. The molecule has 0 aliphatic rings. The van der Waals surface area contributed by atoms with Crippen LogP contribution in [0.3, 0.4) is 0 Å². The Bertz CT molecular complexity index is 67.1. The Morgan fingerprint density at radius 3 is 2.38 bits per heavy atom. The number of ether oxygens (including phenoxy) is 1. The van der Waals surface area contributed by atoms with Gasteiger partial charge in [-0.15, -0.1) is 0 Å². The molecule has 0 bridgehead atoms. The van der Waals surface area contributed by atoms with Gasteiger partial charge in [-0.25, -0.2) is 0 Å². The maximum absolute atomic E-state index is 10.1. The SMILES string of the molecule is CCOC(=O)CN.[Cu]. The second kappa shape index (κ2) is 6.95. The van der Waals surface area contributed by atoms with Crippen LogP contribution in [0.2, 0.25) is 0 Å². The number of esters is 1. The molecule has 0 rings (SSSR count). The first kappa shape index (κ1) is 10.8. The van der Waals surface area contributed by atoms with Gasteiger partial charge in [0.2, 0.25) is 0 Å². The molecule has 3 nitrogen and oxygen atoms in total. The van der Waals surface area contributed by atoms with Gasteiger partial charge in [-0.2, -0.15) is 0 Å². The van der Waals surface area contributed by atoms with Crippen molar-refractivity contribution in [1.82, 2.24) is 0 Å². The molecule has 53 valence electrons. The molecule has 0 spiro atoms. The van der Waals surface area contributed by atoms with Crippen molar-refractivity contribution in [2.75, 3.05) is 13.2 Å². The minimum absolute atomic E-state index is 0. The molecule has 0 heterocycles. The molecular formula is C4H9CuNO2. The van der Waals surface area contributed by atoms with Crippen LogP contribution in [-0.2, 0) is 26.6 Å². The van der Waals surface area contributed by atoms with Crippen LogP contribution in [0.4, 0.5) is 0 Å². The third-order valence-corrected chi connectivity index (χ3v) is 0.472. The summed E-state index contributed by atoms with van der Waals surface area (Å²) in [6.45, 7) is 2.14. The van der Waals surface area contributed by atoms with Gasteiger partial charge in [0.05, 0.1) is 13.2 Å². The van der Waals surface area contributed by atoms with Crippen molar-refractivity contribution < 1.29 is 26.6 Å². The van der Waals surface area contributed by atoms with E-state index >= 15 is 0 Å². The molecule has 2 N–H and O–H groups in total. The van der Waals surface area contributed by atoms with Crippen molar-refractivity contribution in [2.45, 2.75) is 6.92 Å². The van der Waals surface area contributed by atoms with E-state index in [1.807, 2.05) is 0 Å². The average Bonchev–Trinajstić information content (AvgIpc) is 1.68. The fourth-order valence-electron chi connectivity index (χ4n) is 0.220. The minimum Gasteiger partial charge on any atom is -0.465 e. The number of rotatable bonds is 2. The molecule has 0 saturated carbocycles. The minimum atomic E-state index is -0.345.